The topological polar surface area (TPSA) is 50.9 Å². The van der Waals surface area contributed by atoms with Gasteiger partial charge in [-0.1, -0.05) is 54.1 Å². The van der Waals surface area contributed by atoms with E-state index in [0.717, 1.165) is 11.1 Å². The monoisotopic (exact) mass is 299 g/mol. The van der Waals surface area contributed by atoms with Gasteiger partial charge >= 0.3 is 0 Å². The minimum atomic E-state index is -0.139. The molecule has 0 aliphatic carbocycles. The molecule has 3 aromatic rings. The Morgan fingerprint density at radius 1 is 1.00 bits per heavy atom. The lowest BCUT2D eigenvalue weighted by molar-refractivity contribution is 0.276. The van der Waals surface area contributed by atoms with Gasteiger partial charge in [-0.25, -0.2) is 0 Å². The Balaban J connectivity index is 1.93. The van der Waals surface area contributed by atoms with E-state index in [-0.39, 0.29) is 6.61 Å². The minimum Gasteiger partial charge on any atom is -0.390 e. The van der Waals surface area contributed by atoms with Crippen molar-refractivity contribution in [2.45, 2.75) is 13.2 Å². The minimum absolute atomic E-state index is 0.139. The molecular weight excluding hydrogens is 286 g/mol. The van der Waals surface area contributed by atoms with Gasteiger partial charge in [0, 0.05) is 10.6 Å². The van der Waals surface area contributed by atoms with Crippen LogP contribution in [-0.2, 0) is 13.2 Å². The van der Waals surface area contributed by atoms with Crippen LogP contribution >= 0.6 is 11.6 Å². The second-order valence-electron chi connectivity index (χ2n) is 4.68. The molecule has 0 aliphatic heterocycles. The fourth-order valence-electron chi connectivity index (χ4n) is 2.18. The number of nitrogens with zero attached hydrogens (tertiary/aromatic N) is 3. The van der Waals surface area contributed by atoms with E-state index in [4.69, 9.17) is 11.6 Å². The highest BCUT2D eigenvalue weighted by molar-refractivity contribution is 6.30. The number of rotatable bonds is 4. The van der Waals surface area contributed by atoms with Crippen molar-refractivity contribution in [1.29, 1.82) is 0 Å². The molecule has 0 radical (unpaired) electrons. The zero-order valence-corrected chi connectivity index (χ0v) is 12.0. The largest absolute Gasteiger partial charge is 0.390 e. The third-order valence-corrected chi connectivity index (χ3v) is 3.37. The lowest BCUT2D eigenvalue weighted by Gasteiger charge is -2.00. The Morgan fingerprint density at radius 2 is 1.81 bits per heavy atom. The van der Waals surface area contributed by atoms with Crippen molar-refractivity contribution < 1.29 is 5.11 Å². The summed E-state index contributed by atoms with van der Waals surface area (Å²) in [5.74, 6) is 0. The van der Waals surface area contributed by atoms with Gasteiger partial charge in [-0.15, -0.1) is 0 Å². The Labute approximate surface area is 127 Å². The molecule has 0 unspecified atom stereocenters. The number of halogens is 1. The predicted octanol–water partition coefficient (Wildman–Crippen LogP) is 3.14. The maximum Gasteiger partial charge on any atom is 0.118 e. The predicted molar refractivity (Wildman–Crippen MR) is 81.9 cm³/mol. The van der Waals surface area contributed by atoms with Crippen LogP contribution in [0.4, 0.5) is 0 Å². The van der Waals surface area contributed by atoms with Gasteiger partial charge in [-0.05, 0) is 17.7 Å². The van der Waals surface area contributed by atoms with Crippen LogP contribution in [0.5, 0.6) is 0 Å². The van der Waals surface area contributed by atoms with Crippen molar-refractivity contribution >= 4 is 11.6 Å². The highest BCUT2D eigenvalue weighted by Crippen LogP contribution is 2.20. The molecule has 0 saturated carbocycles. The maximum absolute atomic E-state index is 9.47. The number of aromatic nitrogens is 3. The normalized spacial score (nSPS) is 10.8. The highest BCUT2D eigenvalue weighted by Gasteiger charge is 2.12. The van der Waals surface area contributed by atoms with E-state index in [0.29, 0.717) is 23.0 Å². The highest BCUT2D eigenvalue weighted by atomic mass is 35.5. The third kappa shape index (κ3) is 3.12. The summed E-state index contributed by atoms with van der Waals surface area (Å²) in [5, 5.41) is 19.0. The Bertz CT molecular complexity index is 740. The summed E-state index contributed by atoms with van der Waals surface area (Å²) in [4.78, 5) is 1.58. The fourth-order valence-corrected chi connectivity index (χ4v) is 2.39. The molecule has 1 N–H and O–H groups in total. The second-order valence-corrected chi connectivity index (χ2v) is 5.12. The Kier molecular flexibility index (Phi) is 3.99. The fraction of sp³-hybridized carbons (Fsp3) is 0.125. The van der Waals surface area contributed by atoms with Gasteiger partial charge in [-0.3, -0.25) is 0 Å². The smallest absolute Gasteiger partial charge is 0.118 e. The van der Waals surface area contributed by atoms with Crippen molar-refractivity contribution in [2.75, 3.05) is 0 Å². The Morgan fingerprint density at radius 3 is 2.52 bits per heavy atom. The van der Waals surface area contributed by atoms with Gasteiger partial charge in [0.1, 0.15) is 11.4 Å². The first-order chi connectivity index (χ1) is 10.3. The molecule has 2 aromatic carbocycles. The number of aliphatic hydroxyl groups is 1. The summed E-state index contributed by atoms with van der Waals surface area (Å²) in [6.45, 7) is 0.375. The Hall–Kier alpha value is -2.17. The average Bonchev–Trinajstić information content (AvgIpc) is 2.91. The molecule has 0 bridgehead atoms. The summed E-state index contributed by atoms with van der Waals surface area (Å²) in [6.07, 6.45) is 0. The van der Waals surface area contributed by atoms with Crippen molar-refractivity contribution in [3.8, 4) is 11.3 Å². The molecule has 1 aromatic heterocycles. The van der Waals surface area contributed by atoms with E-state index in [1.165, 1.54) is 0 Å². The van der Waals surface area contributed by atoms with Gasteiger partial charge in [0.05, 0.1) is 13.2 Å². The summed E-state index contributed by atoms with van der Waals surface area (Å²) in [6, 6.07) is 17.3. The van der Waals surface area contributed by atoms with E-state index in [2.05, 4.69) is 10.2 Å². The quantitative estimate of drug-likeness (QED) is 0.805. The molecule has 21 heavy (non-hydrogen) atoms. The number of benzene rings is 2. The first-order valence-electron chi connectivity index (χ1n) is 6.61. The molecule has 0 amide bonds. The number of aliphatic hydroxyl groups excluding tert-OH is 1. The van der Waals surface area contributed by atoms with Crippen LogP contribution in [0.25, 0.3) is 11.3 Å². The lowest BCUT2D eigenvalue weighted by atomic mass is 10.1. The van der Waals surface area contributed by atoms with Crippen LogP contribution in [0.2, 0.25) is 5.02 Å². The van der Waals surface area contributed by atoms with Gasteiger partial charge in [0.15, 0.2) is 0 Å². The van der Waals surface area contributed by atoms with Crippen LogP contribution in [0, 0.1) is 0 Å². The molecule has 0 saturated heterocycles. The molecule has 106 valence electrons. The molecule has 0 fully saturated rings. The standard InChI is InChI=1S/C16H14ClN3O/c17-14-8-4-5-12(9-14)10-20-18-15(11-21)16(19-20)13-6-2-1-3-7-13/h1-9,21H,10-11H2. The van der Waals surface area contributed by atoms with E-state index in [9.17, 15) is 5.11 Å². The molecular formula is C16H14ClN3O. The van der Waals surface area contributed by atoms with E-state index >= 15 is 0 Å². The second kappa shape index (κ2) is 6.08. The average molecular weight is 300 g/mol. The van der Waals surface area contributed by atoms with Crippen molar-refractivity contribution in [1.82, 2.24) is 15.0 Å². The summed E-state index contributed by atoms with van der Waals surface area (Å²) in [7, 11) is 0. The van der Waals surface area contributed by atoms with Gasteiger partial charge in [0.25, 0.3) is 0 Å². The summed E-state index contributed by atoms with van der Waals surface area (Å²) < 4.78 is 0. The van der Waals surface area contributed by atoms with Crippen LogP contribution < -0.4 is 0 Å². The number of hydrogen-bond acceptors (Lipinski definition) is 3. The van der Waals surface area contributed by atoms with Crippen LogP contribution in [0.3, 0.4) is 0 Å². The third-order valence-electron chi connectivity index (χ3n) is 3.13. The molecule has 0 spiro atoms. The first-order valence-corrected chi connectivity index (χ1v) is 6.99. The molecule has 0 atom stereocenters. The van der Waals surface area contributed by atoms with E-state index in [1.807, 2.05) is 54.6 Å². The molecule has 4 nitrogen and oxygen atoms in total. The zero-order valence-electron chi connectivity index (χ0n) is 11.3. The SMILES string of the molecule is OCc1nn(Cc2cccc(Cl)c2)nc1-c1ccccc1. The van der Waals surface area contributed by atoms with Crippen molar-refractivity contribution in [3.63, 3.8) is 0 Å². The molecule has 5 heteroatoms. The van der Waals surface area contributed by atoms with Crippen molar-refractivity contribution in [3.05, 3.63) is 70.9 Å². The molecule has 3 rings (SSSR count). The zero-order chi connectivity index (χ0) is 14.7. The number of hydrogen-bond donors (Lipinski definition) is 1. The molecule has 1 heterocycles. The molecule has 0 aliphatic rings. The van der Waals surface area contributed by atoms with Crippen LogP contribution in [0.1, 0.15) is 11.3 Å². The summed E-state index contributed by atoms with van der Waals surface area (Å²) >= 11 is 5.98. The van der Waals surface area contributed by atoms with Gasteiger partial charge in [0.2, 0.25) is 0 Å². The lowest BCUT2D eigenvalue weighted by Crippen LogP contribution is -2.04. The van der Waals surface area contributed by atoms with E-state index in [1.54, 1.807) is 4.80 Å². The van der Waals surface area contributed by atoms with Crippen molar-refractivity contribution in [2.24, 2.45) is 0 Å². The first kappa shape index (κ1) is 13.8. The van der Waals surface area contributed by atoms with Crippen LogP contribution in [-0.4, -0.2) is 20.1 Å². The maximum atomic E-state index is 9.47. The van der Waals surface area contributed by atoms with Gasteiger partial charge in [-0.2, -0.15) is 15.0 Å². The van der Waals surface area contributed by atoms with Gasteiger partial charge < -0.3 is 5.11 Å². The van der Waals surface area contributed by atoms with E-state index < -0.39 is 0 Å². The summed E-state index contributed by atoms with van der Waals surface area (Å²) in [5.41, 5.74) is 3.24. The van der Waals surface area contributed by atoms with Crippen LogP contribution in [0.15, 0.2) is 54.6 Å².